The van der Waals surface area contributed by atoms with Crippen molar-refractivity contribution in [2.24, 2.45) is 0 Å². The van der Waals surface area contributed by atoms with Gasteiger partial charge in [-0.3, -0.25) is 4.79 Å². The number of hydrogen-bond acceptors (Lipinski definition) is 2. The van der Waals surface area contributed by atoms with Crippen LogP contribution in [0.5, 0.6) is 0 Å². The summed E-state index contributed by atoms with van der Waals surface area (Å²) in [4.78, 5) is 12.0. The van der Waals surface area contributed by atoms with Gasteiger partial charge in [-0.1, -0.05) is 33.6 Å². The van der Waals surface area contributed by atoms with Gasteiger partial charge in [-0.15, -0.1) is 0 Å². The van der Waals surface area contributed by atoms with Gasteiger partial charge in [-0.05, 0) is 43.3 Å². The van der Waals surface area contributed by atoms with Gasteiger partial charge >= 0.3 is 6.18 Å². The van der Waals surface area contributed by atoms with Crippen LogP contribution >= 0.6 is 15.9 Å². The van der Waals surface area contributed by atoms with Gasteiger partial charge in [0.1, 0.15) is 5.70 Å². The summed E-state index contributed by atoms with van der Waals surface area (Å²) in [5.74, 6) is -0.718. The molecule has 0 aliphatic carbocycles. The normalized spacial score (nSPS) is 12.1. The Morgan fingerprint density at radius 2 is 1.61 bits per heavy atom. The molecular formula is C17H13BrF3NO. The van der Waals surface area contributed by atoms with Crippen LogP contribution < -0.4 is 5.32 Å². The number of aryl methyl sites for hydroxylation is 1. The Balaban J connectivity index is 2.29. The van der Waals surface area contributed by atoms with E-state index in [1.54, 1.807) is 24.3 Å². The fourth-order valence-corrected chi connectivity index (χ4v) is 2.07. The monoisotopic (exact) mass is 383 g/mol. The molecule has 0 saturated heterocycles. The Labute approximate surface area is 140 Å². The lowest BCUT2D eigenvalue weighted by Gasteiger charge is -2.14. The molecule has 120 valence electrons. The SMILES string of the molecule is Cc1ccc(NC(=CC(=O)c2ccc(Br)cc2)C(F)(F)F)cc1. The number of carbonyl (C=O) groups excluding carboxylic acids is 1. The summed E-state index contributed by atoms with van der Waals surface area (Å²) in [7, 11) is 0. The van der Waals surface area contributed by atoms with E-state index in [9.17, 15) is 18.0 Å². The van der Waals surface area contributed by atoms with Gasteiger partial charge in [0.15, 0.2) is 5.78 Å². The maximum absolute atomic E-state index is 13.1. The molecule has 0 atom stereocenters. The summed E-state index contributed by atoms with van der Waals surface area (Å²) in [5.41, 5.74) is 0.275. The third kappa shape index (κ3) is 4.96. The number of nitrogens with one attached hydrogen (secondary N) is 1. The van der Waals surface area contributed by atoms with E-state index in [-0.39, 0.29) is 11.3 Å². The average molecular weight is 384 g/mol. The number of benzene rings is 2. The Kier molecular flexibility index (Phi) is 5.26. The molecule has 0 unspecified atom stereocenters. The minimum Gasteiger partial charge on any atom is -0.351 e. The molecule has 2 aromatic rings. The van der Waals surface area contributed by atoms with Crippen LogP contribution in [0.2, 0.25) is 0 Å². The van der Waals surface area contributed by atoms with Crippen molar-refractivity contribution >= 4 is 27.4 Å². The highest BCUT2D eigenvalue weighted by Crippen LogP contribution is 2.27. The predicted molar refractivity (Wildman–Crippen MR) is 87.4 cm³/mol. The van der Waals surface area contributed by atoms with E-state index in [1.165, 1.54) is 24.3 Å². The van der Waals surface area contributed by atoms with Crippen LogP contribution in [-0.4, -0.2) is 12.0 Å². The first-order valence-corrected chi connectivity index (χ1v) is 7.47. The second kappa shape index (κ2) is 7.00. The molecule has 6 heteroatoms. The molecule has 0 radical (unpaired) electrons. The summed E-state index contributed by atoms with van der Waals surface area (Å²) < 4.78 is 40.1. The molecule has 23 heavy (non-hydrogen) atoms. The van der Waals surface area contributed by atoms with Crippen LogP contribution in [0.4, 0.5) is 18.9 Å². The van der Waals surface area contributed by atoms with Crippen molar-refractivity contribution in [3.63, 3.8) is 0 Å². The molecule has 0 bridgehead atoms. The highest BCUT2D eigenvalue weighted by molar-refractivity contribution is 9.10. The molecule has 2 rings (SSSR count). The molecule has 0 fully saturated rings. The van der Waals surface area contributed by atoms with Gasteiger partial charge < -0.3 is 5.32 Å². The van der Waals surface area contributed by atoms with Gasteiger partial charge in [0.05, 0.1) is 0 Å². The number of hydrogen-bond donors (Lipinski definition) is 1. The zero-order valence-electron chi connectivity index (χ0n) is 12.1. The summed E-state index contributed by atoms with van der Waals surface area (Å²) in [5, 5.41) is 2.26. The lowest BCUT2D eigenvalue weighted by Crippen LogP contribution is -2.20. The highest BCUT2D eigenvalue weighted by atomic mass is 79.9. The van der Waals surface area contributed by atoms with Crippen molar-refractivity contribution in [1.82, 2.24) is 0 Å². The molecule has 0 aliphatic rings. The van der Waals surface area contributed by atoms with Crippen LogP contribution in [0.3, 0.4) is 0 Å². The highest BCUT2D eigenvalue weighted by Gasteiger charge is 2.34. The summed E-state index contributed by atoms with van der Waals surface area (Å²) in [6.45, 7) is 1.83. The van der Waals surface area contributed by atoms with Crippen LogP contribution in [0.25, 0.3) is 0 Å². The first kappa shape index (κ1) is 17.3. The van der Waals surface area contributed by atoms with Gasteiger partial charge in [-0.25, -0.2) is 0 Å². The van der Waals surface area contributed by atoms with Gasteiger partial charge in [0.25, 0.3) is 0 Å². The maximum atomic E-state index is 13.1. The Morgan fingerprint density at radius 1 is 1.04 bits per heavy atom. The lowest BCUT2D eigenvalue weighted by molar-refractivity contribution is -0.0903. The fraction of sp³-hybridized carbons (Fsp3) is 0.118. The maximum Gasteiger partial charge on any atom is 0.431 e. The lowest BCUT2D eigenvalue weighted by atomic mass is 10.1. The Bertz CT molecular complexity index is 719. The average Bonchev–Trinajstić information content (AvgIpc) is 2.48. The van der Waals surface area contributed by atoms with E-state index in [2.05, 4.69) is 21.2 Å². The Morgan fingerprint density at radius 3 is 2.13 bits per heavy atom. The van der Waals surface area contributed by atoms with E-state index < -0.39 is 17.7 Å². The van der Waals surface area contributed by atoms with E-state index in [0.717, 1.165) is 10.0 Å². The van der Waals surface area contributed by atoms with Gasteiger partial charge in [-0.2, -0.15) is 13.2 Å². The van der Waals surface area contributed by atoms with Crippen molar-refractivity contribution < 1.29 is 18.0 Å². The number of allylic oxidation sites excluding steroid dienone is 2. The molecule has 0 aromatic heterocycles. The minimum absolute atomic E-state index is 0.181. The van der Waals surface area contributed by atoms with Crippen LogP contribution in [0, 0.1) is 6.92 Å². The number of alkyl halides is 3. The third-order valence-electron chi connectivity index (χ3n) is 3.04. The van der Waals surface area contributed by atoms with E-state index in [0.29, 0.717) is 6.08 Å². The number of halogens is 4. The number of rotatable bonds is 4. The van der Waals surface area contributed by atoms with Crippen molar-refractivity contribution in [1.29, 1.82) is 0 Å². The van der Waals surface area contributed by atoms with Crippen molar-refractivity contribution in [3.05, 3.63) is 75.9 Å². The largest absolute Gasteiger partial charge is 0.431 e. The van der Waals surface area contributed by atoms with Gasteiger partial charge in [0.2, 0.25) is 0 Å². The number of ketones is 1. The molecule has 0 heterocycles. The number of carbonyl (C=O) groups is 1. The minimum atomic E-state index is -4.66. The van der Waals surface area contributed by atoms with Gasteiger partial charge in [0, 0.05) is 21.8 Å². The fourth-order valence-electron chi connectivity index (χ4n) is 1.81. The second-order valence-electron chi connectivity index (χ2n) is 4.92. The molecule has 1 N–H and O–H groups in total. The molecule has 0 saturated carbocycles. The first-order chi connectivity index (χ1) is 10.8. The molecular weight excluding hydrogens is 371 g/mol. The molecule has 2 aromatic carbocycles. The van der Waals surface area contributed by atoms with Crippen molar-refractivity contribution in [3.8, 4) is 0 Å². The zero-order valence-corrected chi connectivity index (χ0v) is 13.7. The van der Waals surface area contributed by atoms with E-state index in [1.807, 2.05) is 6.92 Å². The number of anilines is 1. The van der Waals surface area contributed by atoms with Crippen molar-refractivity contribution in [2.45, 2.75) is 13.1 Å². The van der Waals surface area contributed by atoms with E-state index >= 15 is 0 Å². The predicted octanol–water partition coefficient (Wildman–Crippen LogP) is 5.50. The Hall–Kier alpha value is -2.08. The summed E-state index contributed by atoms with van der Waals surface area (Å²) in [6, 6.07) is 12.5. The summed E-state index contributed by atoms with van der Waals surface area (Å²) >= 11 is 3.21. The summed E-state index contributed by atoms with van der Waals surface area (Å²) in [6.07, 6.45) is -4.08. The van der Waals surface area contributed by atoms with Crippen LogP contribution in [0.15, 0.2) is 64.8 Å². The second-order valence-corrected chi connectivity index (χ2v) is 5.83. The molecule has 0 aliphatic heterocycles. The van der Waals surface area contributed by atoms with Crippen molar-refractivity contribution in [2.75, 3.05) is 5.32 Å². The van der Waals surface area contributed by atoms with E-state index in [4.69, 9.17) is 0 Å². The standard InChI is InChI=1S/C17H13BrF3NO/c1-11-2-8-14(9-3-11)22-16(17(19,20)21)10-15(23)12-4-6-13(18)7-5-12/h2-10,22H,1H3. The topological polar surface area (TPSA) is 29.1 Å². The van der Waals surface area contributed by atoms with Crippen LogP contribution in [-0.2, 0) is 0 Å². The smallest absolute Gasteiger partial charge is 0.351 e. The third-order valence-corrected chi connectivity index (χ3v) is 3.57. The quantitative estimate of drug-likeness (QED) is 0.557. The molecule has 0 amide bonds. The molecule has 2 nitrogen and oxygen atoms in total. The zero-order chi connectivity index (χ0) is 17.0. The molecule has 0 spiro atoms. The first-order valence-electron chi connectivity index (χ1n) is 6.68. The van der Waals surface area contributed by atoms with Crippen LogP contribution in [0.1, 0.15) is 15.9 Å².